The molecular formula is C67H102O12. The van der Waals surface area contributed by atoms with Gasteiger partial charge in [-0.05, 0) is 122 Å². The minimum atomic E-state index is -1.93. The van der Waals surface area contributed by atoms with E-state index < -0.39 is 67.3 Å². The largest absolute Gasteiger partial charge is 0.479 e. The molecule has 3 N–H and O–H groups in total. The van der Waals surface area contributed by atoms with Crippen molar-refractivity contribution in [2.75, 3.05) is 13.2 Å². The maximum absolute atomic E-state index is 13.1. The number of aliphatic hydroxyl groups is 2. The van der Waals surface area contributed by atoms with Crippen molar-refractivity contribution in [2.45, 2.75) is 237 Å². The number of carbonyl (C=O) groups excluding carboxylic acids is 3. The highest BCUT2D eigenvalue weighted by molar-refractivity contribution is 5.74. The molecule has 1 rings (SSSR count). The minimum absolute atomic E-state index is 0.0282. The average Bonchev–Trinajstić information content (AvgIpc) is 3.44. The molecule has 12 heteroatoms. The number of hydrogen-bond acceptors (Lipinski definition) is 11. The second kappa shape index (κ2) is 53.3. The number of carboxylic acid groups (broad SMARTS) is 1. The van der Waals surface area contributed by atoms with Gasteiger partial charge in [-0.2, -0.15) is 0 Å². The molecule has 1 saturated heterocycles. The van der Waals surface area contributed by atoms with Crippen LogP contribution in [0.15, 0.2) is 146 Å². The standard InChI is InChI=1S/C67H102O12/c1-4-7-10-13-16-19-22-25-27-29-30-32-33-36-38-41-44-47-50-53-59(68)75-56-58(77-60(69)54-51-48-45-42-40-37-34-31-28-26-23-20-17-14-11-8-5-2)57-76-67-65(63(72)62(71)64(79-67)66(73)74)78-61(70)55-52-49-46-43-39-35-24-21-18-15-12-9-6-3/h7-8,10-11,16-17,19-21,24-28,30,32,34,36-38,42,44-45,47,58,62-65,67,71-72H,4-6,9,12-15,18,22-23,29,31,33,35,39-41,43,46,48-57H2,1-3H3,(H,73,74)/b10-7-,11-8-,19-16-,20-17-,24-21-,27-25-,28-26-,32-30-,37-34-,38-36-,45-42-,47-44-. The first-order chi connectivity index (χ1) is 38.6. The summed E-state index contributed by atoms with van der Waals surface area (Å²) in [4.78, 5) is 51.1. The van der Waals surface area contributed by atoms with E-state index in [4.69, 9.17) is 23.7 Å². The molecule has 1 heterocycles. The van der Waals surface area contributed by atoms with E-state index in [1.807, 2.05) is 24.3 Å². The fraction of sp³-hybridized carbons (Fsp3) is 0.582. The third kappa shape index (κ3) is 43.1. The predicted molar refractivity (Wildman–Crippen MR) is 321 cm³/mol. The monoisotopic (exact) mass is 1100 g/mol. The van der Waals surface area contributed by atoms with Crippen molar-refractivity contribution in [1.82, 2.24) is 0 Å². The summed E-state index contributed by atoms with van der Waals surface area (Å²) in [5.41, 5.74) is 0. The molecular weight excluding hydrogens is 997 g/mol. The van der Waals surface area contributed by atoms with Gasteiger partial charge >= 0.3 is 23.9 Å². The van der Waals surface area contributed by atoms with Gasteiger partial charge in [0.05, 0.1) is 6.61 Å². The highest BCUT2D eigenvalue weighted by atomic mass is 16.7. The first-order valence-corrected chi connectivity index (χ1v) is 29.8. The van der Waals surface area contributed by atoms with Gasteiger partial charge in [-0.25, -0.2) is 4.79 Å². The van der Waals surface area contributed by atoms with E-state index in [9.17, 15) is 34.5 Å². The van der Waals surface area contributed by atoms with Crippen LogP contribution in [0, 0.1) is 0 Å². The Morgan fingerprint density at radius 3 is 1.32 bits per heavy atom. The number of esters is 3. The van der Waals surface area contributed by atoms with E-state index in [0.29, 0.717) is 32.1 Å². The molecule has 0 aromatic carbocycles. The SMILES string of the molecule is CC/C=C\C/C=C\C/C=C\C/C=C\C/C=C\C/C=C\CCC(=O)OCC(COC1OC(C(=O)O)C(O)C(O)C1OC(=O)CCCCCCC/C=C\CCCCCC)OC(=O)CCC/C=C\C/C=C\C/C=C\C/C=C\C/C=C\CC. The highest BCUT2D eigenvalue weighted by Gasteiger charge is 2.50. The van der Waals surface area contributed by atoms with E-state index in [1.165, 1.54) is 25.7 Å². The lowest BCUT2D eigenvalue weighted by molar-refractivity contribution is -0.301. The summed E-state index contributed by atoms with van der Waals surface area (Å²) >= 11 is 0. The molecule has 0 bridgehead atoms. The highest BCUT2D eigenvalue weighted by Crippen LogP contribution is 2.26. The number of carbonyl (C=O) groups is 4. The molecule has 6 atom stereocenters. The van der Waals surface area contributed by atoms with Crippen LogP contribution in [-0.4, -0.2) is 89.2 Å². The van der Waals surface area contributed by atoms with Gasteiger partial charge in [-0.1, -0.05) is 205 Å². The van der Waals surface area contributed by atoms with Gasteiger partial charge in [-0.3, -0.25) is 14.4 Å². The molecule has 0 saturated carbocycles. The summed E-state index contributed by atoms with van der Waals surface area (Å²) in [6.45, 7) is 5.61. The Labute approximate surface area is 476 Å². The molecule has 0 aliphatic carbocycles. The number of aliphatic carboxylic acids is 1. The van der Waals surface area contributed by atoms with E-state index >= 15 is 0 Å². The van der Waals surface area contributed by atoms with Gasteiger partial charge < -0.3 is 39.0 Å². The van der Waals surface area contributed by atoms with E-state index in [2.05, 4.69) is 142 Å². The molecule has 0 aromatic rings. The van der Waals surface area contributed by atoms with Crippen LogP contribution in [0.5, 0.6) is 0 Å². The summed E-state index contributed by atoms with van der Waals surface area (Å²) in [5.74, 6) is -3.35. The zero-order valence-corrected chi connectivity index (χ0v) is 48.5. The molecule has 442 valence electrons. The molecule has 1 fully saturated rings. The van der Waals surface area contributed by atoms with Gasteiger partial charge in [0, 0.05) is 19.3 Å². The lowest BCUT2D eigenvalue weighted by atomic mass is 9.98. The van der Waals surface area contributed by atoms with Crippen LogP contribution in [0.2, 0.25) is 0 Å². The topological polar surface area (TPSA) is 175 Å². The van der Waals surface area contributed by atoms with Crippen molar-refractivity contribution in [2.24, 2.45) is 0 Å². The molecule has 12 nitrogen and oxygen atoms in total. The molecule has 1 aliphatic rings. The van der Waals surface area contributed by atoms with Gasteiger partial charge in [0.1, 0.15) is 18.8 Å². The number of allylic oxidation sites excluding steroid dienone is 24. The lowest BCUT2D eigenvalue weighted by Crippen LogP contribution is -2.61. The predicted octanol–water partition coefficient (Wildman–Crippen LogP) is 15.6. The van der Waals surface area contributed by atoms with E-state index in [0.717, 1.165) is 103 Å². The van der Waals surface area contributed by atoms with Crippen molar-refractivity contribution in [1.29, 1.82) is 0 Å². The van der Waals surface area contributed by atoms with Crippen LogP contribution in [-0.2, 0) is 42.9 Å². The summed E-state index contributed by atoms with van der Waals surface area (Å²) in [6.07, 6.45) is 64.1. The Kier molecular flexibility index (Phi) is 48.3. The van der Waals surface area contributed by atoms with Crippen molar-refractivity contribution in [3.05, 3.63) is 146 Å². The second-order valence-electron chi connectivity index (χ2n) is 19.5. The number of unbranched alkanes of at least 4 members (excludes halogenated alkanes) is 10. The smallest absolute Gasteiger partial charge is 0.335 e. The van der Waals surface area contributed by atoms with Crippen LogP contribution < -0.4 is 0 Å². The third-order valence-electron chi connectivity index (χ3n) is 12.4. The minimum Gasteiger partial charge on any atom is -0.479 e. The normalized spacial score (nSPS) is 18.9. The Balaban J connectivity index is 2.80. The van der Waals surface area contributed by atoms with Gasteiger partial charge in [0.25, 0.3) is 0 Å². The number of carboxylic acids is 1. The Hall–Kier alpha value is -5.40. The molecule has 6 unspecified atom stereocenters. The van der Waals surface area contributed by atoms with Crippen molar-refractivity contribution in [3.63, 3.8) is 0 Å². The number of aliphatic hydroxyl groups excluding tert-OH is 2. The molecule has 1 aliphatic heterocycles. The van der Waals surface area contributed by atoms with Gasteiger partial charge in [-0.15, -0.1) is 0 Å². The van der Waals surface area contributed by atoms with Crippen molar-refractivity contribution < 1.29 is 58.2 Å². The van der Waals surface area contributed by atoms with E-state index in [-0.39, 0.29) is 25.9 Å². The second-order valence-corrected chi connectivity index (χ2v) is 19.5. The molecule has 0 aromatic heterocycles. The van der Waals surface area contributed by atoms with Gasteiger partial charge in [0.15, 0.2) is 24.6 Å². The van der Waals surface area contributed by atoms with Crippen LogP contribution in [0.25, 0.3) is 0 Å². The molecule has 0 spiro atoms. The summed E-state index contributed by atoms with van der Waals surface area (Å²) in [6, 6.07) is 0. The first kappa shape index (κ1) is 71.6. The fourth-order valence-corrected chi connectivity index (χ4v) is 7.89. The summed E-state index contributed by atoms with van der Waals surface area (Å²) in [5, 5.41) is 31.5. The fourth-order valence-electron chi connectivity index (χ4n) is 7.89. The zero-order chi connectivity index (χ0) is 57.5. The third-order valence-corrected chi connectivity index (χ3v) is 12.4. The van der Waals surface area contributed by atoms with Crippen LogP contribution in [0.4, 0.5) is 0 Å². The summed E-state index contributed by atoms with van der Waals surface area (Å²) in [7, 11) is 0. The number of ether oxygens (including phenoxy) is 5. The Bertz CT molecular complexity index is 1930. The molecule has 0 amide bonds. The number of rotatable bonds is 48. The zero-order valence-electron chi connectivity index (χ0n) is 48.5. The van der Waals surface area contributed by atoms with Gasteiger partial charge in [0.2, 0.25) is 0 Å². The van der Waals surface area contributed by atoms with E-state index in [1.54, 1.807) is 0 Å². The van der Waals surface area contributed by atoms with Crippen LogP contribution in [0.3, 0.4) is 0 Å². The molecule has 79 heavy (non-hydrogen) atoms. The number of hydrogen-bond donors (Lipinski definition) is 3. The maximum atomic E-state index is 13.1. The Morgan fingerprint density at radius 1 is 0.430 bits per heavy atom. The maximum Gasteiger partial charge on any atom is 0.335 e. The first-order valence-electron chi connectivity index (χ1n) is 29.8. The lowest BCUT2D eigenvalue weighted by Gasteiger charge is -2.40. The summed E-state index contributed by atoms with van der Waals surface area (Å²) < 4.78 is 28.3. The van der Waals surface area contributed by atoms with Crippen molar-refractivity contribution in [3.8, 4) is 0 Å². The average molecular weight is 1100 g/mol. The molecule has 0 radical (unpaired) electrons. The van der Waals surface area contributed by atoms with Crippen molar-refractivity contribution >= 4 is 23.9 Å². The Morgan fingerprint density at radius 2 is 0.835 bits per heavy atom. The quantitative estimate of drug-likeness (QED) is 0.0228. The van der Waals surface area contributed by atoms with Crippen LogP contribution >= 0.6 is 0 Å². The van der Waals surface area contributed by atoms with Crippen LogP contribution in [0.1, 0.15) is 201 Å².